The molecular formula is C42H59F2N7. The maximum Gasteiger partial charge on any atom is 0.180 e. The number of aromatic nitrogens is 3. The summed E-state index contributed by atoms with van der Waals surface area (Å²) in [6, 6.07) is 9.96. The summed E-state index contributed by atoms with van der Waals surface area (Å²) in [5, 5.41) is 7.04. The van der Waals surface area contributed by atoms with Crippen molar-refractivity contribution in [2.75, 3.05) is 44.6 Å². The number of nitrogens with one attached hydrogen (secondary N) is 2. The van der Waals surface area contributed by atoms with E-state index in [4.69, 9.17) is 0 Å². The summed E-state index contributed by atoms with van der Waals surface area (Å²) in [4.78, 5) is 14.0. The van der Waals surface area contributed by atoms with Gasteiger partial charge in [0.1, 0.15) is 0 Å². The van der Waals surface area contributed by atoms with Crippen LogP contribution in [-0.2, 0) is 6.42 Å². The Bertz CT molecular complexity index is 1710. The molecule has 4 aromatic rings. The highest BCUT2D eigenvalue weighted by molar-refractivity contribution is 5.76. The second kappa shape index (κ2) is 21.6. The number of rotatable bonds is 14. The lowest BCUT2D eigenvalue weighted by atomic mass is 10.0. The van der Waals surface area contributed by atoms with E-state index in [1.807, 2.05) is 13.0 Å². The molecule has 0 spiro atoms. The van der Waals surface area contributed by atoms with Gasteiger partial charge in [-0.25, -0.2) is 18.7 Å². The number of piperazine rings is 1. The van der Waals surface area contributed by atoms with Gasteiger partial charge >= 0.3 is 0 Å². The fraction of sp³-hybridized carbons (Fsp3) is 0.381. The minimum absolute atomic E-state index is 0. The third kappa shape index (κ3) is 10.9. The Kier molecular flexibility index (Phi) is 18.0. The van der Waals surface area contributed by atoms with Crippen LogP contribution in [0.15, 0.2) is 94.0 Å². The van der Waals surface area contributed by atoms with E-state index in [2.05, 4.69) is 96.2 Å². The number of aryl methyl sites for hydroxylation is 2. The monoisotopic (exact) mass is 699 g/mol. The van der Waals surface area contributed by atoms with Crippen molar-refractivity contribution in [2.24, 2.45) is 0 Å². The first-order chi connectivity index (χ1) is 24.3. The maximum atomic E-state index is 15.1. The molecular weight excluding hydrogens is 641 g/mol. The lowest BCUT2D eigenvalue weighted by Crippen LogP contribution is -2.50. The molecule has 51 heavy (non-hydrogen) atoms. The zero-order chi connectivity index (χ0) is 36.6. The molecule has 2 aromatic carbocycles. The number of imidazole rings is 1. The zero-order valence-corrected chi connectivity index (χ0v) is 30.4. The number of anilines is 2. The van der Waals surface area contributed by atoms with Crippen molar-refractivity contribution in [1.82, 2.24) is 29.5 Å². The smallest absolute Gasteiger partial charge is 0.180 e. The van der Waals surface area contributed by atoms with E-state index in [-0.39, 0.29) is 13.0 Å². The lowest BCUT2D eigenvalue weighted by molar-refractivity contribution is 0.160. The SMILES string of the molecule is C.C=C.C=CC.C=CCCc1ccc(-c2cnc3c(Nc4ccc(C(=C)N5CCN(CC(CC)NCCC)CC5)c(C)c4)nccn23)c(F)c1F. The van der Waals surface area contributed by atoms with Gasteiger partial charge in [-0.05, 0) is 75.4 Å². The van der Waals surface area contributed by atoms with Crippen LogP contribution in [0.1, 0.15) is 64.2 Å². The molecule has 276 valence electrons. The topological polar surface area (TPSA) is 60.7 Å². The molecule has 3 heterocycles. The molecule has 1 fully saturated rings. The van der Waals surface area contributed by atoms with Gasteiger partial charge in [0.2, 0.25) is 0 Å². The maximum absolute atomic E-state index is 15.1. The van der Waals surface area contributed by atoms with Gasteiger partial charge in [-0.2, -0.15) is 0 Å². The van der Waals surface area contributed by atoms with Gasteiger partial charge in [0.25, 0.3) is 0 Å². The zero-order valence-electron chi connectivity index (χ0n) is 30.4. The van der Waals surface area contributed by atoms with Crippen LogP contribution in [0.2, 0.25) is 0 Å². The van der Waals surface area contributed by atoms with E-state index in [0.717, 1.165) is 74.6 Å². The Morgan fingerprint density at radius 1 is 1.02 bits per heavy atom. The predicted molar refractivity (Wildman–Crippen MR) is 215 cm³/mol. The fourth-order valence-electron chi connectivity index (χ4n) is 6.02. The van der Waals surface area contributed by atoms with Crippen LogP contribution in [0, 0.1) is 18.6 Å². The van der Waals surface area contributed by atoms with Gasteiger partial charge in [-0.1, -0.05) is 52.1 Å². The summed E-state index contributed by atoms with van der Waals surface area (Å²) in [5.74, 6) is -1.19. The standard InChI is InChI=1S/C36H45F2N7.C3H6.C2H4.CH4/c1-6-9-10-27-11-13-31(34(38)33(27)37)32-23-41-36-35(40-16-17-45(32)36)42-29-12-14-30(25(4)22-29)26(5)44-20-18-43(19-21-44)24-28(8-3)39-15-7-2;1-3-2;1-2;/h6,11-14,16-17,22-23,28,39H,1,5,7-10,15,18-21,24H2,2-4H3,(H,40,42);3H,1H2,2H3;1-2H2;1H4. The van der Waals surface area contributed by atoms with Crippen LogP contribution in [0.3, 0.4) is 0 Å². The van der Waals surface area contributed by atoms with Gasteiger partial charge in [0.05, 0.1) is 11.9 Å². The molecule has 9 heteroatoms. The molecule has 0 radical (unpaired) electrons. The highest BCUT2D eigenvalue weighted by Gasteiger charge is 2.22. The number of benzene rings is 2. The normalized spacial score (nSPS) is 13.2. The lowest BCUT2D eigenvalue weighted by Gasteiger charge is -2.38. The van der Waals surface area contributed by atoms with Crippen LogP contribution >= 0.6 is 0 Å². The van der Waals surface area contributed by atoms with Gasteiger partial charge in [-0.15, -0.1) is 26.3 Å². The molecule has 7 nitrogen and oxygen atoms in total. The number of hydrogen-bond acceptors (Lipinski definition) is 6. The van der Waals surface area contributed by atoms with Gasteiger partial charge in [0, 0.05) is 73.7 Å². The van der Waals surface area contributed by atoms with Crippen molar-refractivity contribution in [3.05, 3.63) is 122 Å². The third-order valence-electron chi connectivity index (χ3n) is 8.69. The van der Waals surface area contributed by atoms with Crippen LogP contribution in [0.25, 0.3) is 22.6 Å². The van der Waals surface area contributed by atoms with Crippen LogP contribution in [-0.4, -0.2) is 69.5 Å². The highest BCUT2D eigenvalue weighted by Crippen LogP contribution is 2.31. The molecule has 0 amide bonds. The van der Waals surface area contributed by atoms with Crippen molar-refractivity contribution in [3.8, 4) is 11.3 Å². The first-order valence-corrected chi connectivity index (χ1v) is 17.5. The summed E-state index contributed by atoms with van der Waals surface area (Å²) in [6.07, 6.45) is 11.6. The van der Waals surface area contributed by atoms with Crippen LogP contribution < -0.4 is 10.6 Å². The number of nitrogens with zero attached hydrogens (tertiary/aromatic N) is 5. The second-order valence-electron chi connectivity index (χ2n) is 12.2. The highest BCUT2D eigenvalue weighted by atomic mass is 19.2. The first-order valence-electron chi connectivity index (χ1n) is 17.5. The molecule has 0 aliphatic carbocycles. The quantitative estimate of drug-likeness (QED) is 0.128. The van der Waals surface area contributed by atoms with Crippen molar-refractivity contribution in [3.63, 3.8) is 0 Å². The van der Waals surface area contributed by atoms with Crippen LogP contribution in [0.5, 0.6) is 0 Å². The van der Waals surface area contributed by atoms with Crippen molar-refractivity contribution >= 4 is 22.8 Å². The fourth-order valence-corrected chi connectivity index (χ4v) is 6.02. The molecule has 1 atom stereocenters. The third-order valence-corrected chi connectivity index (χ3v) is 8.69. The summed E-state index contributed by atoms with van der Waals surface area (Å²) in [7, 11) is 0. The Labute approximate surface area is 305 Å². The Morgan fingerprint density at radius 2 is 1.73 bits per heavy atom. The first kappa shape index (κ1) is 42.6. The van der Waals surface area contributed by atoms with E-state index in [1.54, 1.807) is 47.3 Å². The Hall–Kier alpha value is -4.60. The second-order valence-corrected chi connectivity index (χ2v) is 12.2. The van der Waals surface area contributed by atoms with Crippen molar-refractivity contribution < 1.29 is 8.78 Å². The summed E-state index contributed by atoms with van der Waals surface area (Å²) in [6.45, 7) is 32.1. The Balaban J connectivity index is 0.00000143. The van der Waals surface area contributed by atoms with E-state index < -0.39 is 11.6 Å². The van der Waals surface area contributed by atoms with Crippen molar-refractivity contribution in [1.29, 1.82) is 0 Å². The summed E-state index contributed by atoms with van der Waals surface area (Å²) < 4.78 is 31.7. The number of fused-ring (bicyclic) bond motifs is 1. The number of allylic oxidation sites excluding steroid dienone is 2. The van der Waals surface area contributed by atoms with E-state index in [0.29, 0.717) is 41.6 Å². The minimum atomic E-state index is -0.883. The van der Waals surface area contributed by atoms with Crippen molar-refractivity contribution in [2.45, 2.75) is 66.8 Å². The molecule has 0 bridgehead atoms. The largest absolute Gasteiger partial charge is 0.369 e. The molecule has 1 saturated heterocycles. The van der Waals surface area contributed by atoms with Gasteiger partial charge in [0.15, 0.2) is 23.1 Å². The molecule has 5 rings (SSSR count). The molecule has 2 aromatic heterocycles. The molecule has 1 aliphatic rings. The average molecular weight is 700 g/mol. The van der Waals surface area contributed by atoms with Gasteiger partial charge in [-0.3, -0.25) is 9.30 Å². The van der Waals surface area contributed by atoms with Gasteiger partial charge < -0.3 is 15.5 Å². The average Bonchev–Trinajstić information content (AvgIpc) is 3.57. The number of halogens is 2. The predicted octanol–water partition coefficient (Wildman–Crippen LogP) is 9.84. The molecule has 1 unspecified atom stereocenters. The summed E-state index contributed by atoms with van der Waals surface area (Å²) in [5.41, 5.74) is 5.57. The molecule has 1 aliphatic heterocycles. The van der Waals surface area contributed by atoms with E-state index >= 15 is 4.39 Å². The van der Waals surface area contributed by atoms with E-state index in [1.165, 1.54) is 0 Å². The molecule has 0 saturated carbocycles. The molecule has 2 N–H and O–H groups in total. The summed E-state index contributed by atoms with van der Waals surface area (Å²) >= 11 is 0. The van der Waals surface area contributed by atoms with E-state index in [9.17, 15) is 4.39 Å². The minimum Gasteiger partial charge on any atom is -0.369 e. The number of hydrogen-bond donors (Lipinski definition) is 2. The van der Waals surface area contributed by atoms with Crippen LogP contribution in [0.4, 0.5) is 20.3 Å². The Morgan fingerprint density at radius 3 is 2.35 bits per heavy atom.